The van der Waals surface area contributed by atoms with E-state index >= 15 is 0 Å². The van der Waals surface area contributed by atoms with Gasteiger partial charge < -0.3 is 15.4 Å². The molecule has 2 aromatic rings. The first-order chi connectivity index (χ1) is 9.28. The Morgan fingerprint density at radius 2 is 1.84 bits per heavy atom. The SMILES string of the molecule is CNc1cc(NCCOc2ccccc2)nc(C)n1. The van der Waals surface area contributed by atoms with Gasteiger partial charge in [0.2, 0.25) is 0 Å². The summed E-state index contributed by atoms with van der Waals surface area (Å²) in [5.41, 5.74) is 0. The Kier molecular flexibility index (Phi) is 4.55. The van der Waals surface area contributed by atoms with Gasteiger partial charge in [0.05, 0.1) is 6.54 Å². The average molecular weight is 258 g/mol. The van der Waals surface area contributed by atoms with Gasteiger partial charge in [0.15, 0.2) is 0 Å². The summed E-state index contributed by atoms with van der Waals surface area (Å²) in [6.07, 6.45) is 0. The van der Waals surface area contributed by atoms with Crippen LogP contribution in [0.1, 0.15) is 5.82 Å². The van der Waals surface area contributed by atoms with Crippen molar-refractivity contribution in [1.82, 2.24) is 9.97 Å². The van der Waals surface area contributed by atoms with Crippen LogP contribution in [0.3, 0.4) is 0 Å². The van der Waals surface area contributed by atoms with Crippen LogP contribution >= 0.6 is 0 Å². The van der Waals surface area contributed by atoms with Crippen LogP contribution in [0.25, 0.3) is 0 Å². The van der Waals surface area contributed by atoms with E-state index in [1.807, 2.05) is 50.4 Å². The van der Waals surface area contributed by atoms with Crippen molar-refractivity contribution in [3.63, 3.8) is 0 Å². The molecule has 0 atom stereocenters. The fourth-order valence-electron chi connectivity index (χ4n) is 1.65. The van der Waals surface area contributed by atoms with E-state index in [1.165, 1.54) is 0 Å². The number of aryl methyl sites for hydroxylation is 1. The highest BCUT2D eigenvalue weighted by molar-refractivity contribution is 5.47. The highest BCUT2D eigenvalue weighted by Gasteiger charge is 2.00. The Labute approximate surface area is 113 Å². The number of rotatable bonds is 6. The van der Waals surface area contributed by atoms with Gasteiger partial charge >= 0.3 is 0 Å². The first kappa shape index (κ1) is 13.1. The zero-order valence-electron chi connectivity index (χ0n) is 11.2. The topological polar surface area (TPSA) is 59.1 Å². The number of benzene rings is 1. The van der Waals surface area contributed by atoms with Gasteiger partial charge in [-0.25, -0.2) is 9.97 Å². The molecule has 0 bridgehead atoms. The molecule has 5 nitrogen and oxygen atoms in total. The fourth-order valence-corrected chi connectivity index (χ4v) is 1.65. The van der Waals surface area contributed by atoms with Gasteiger partial charge in [-0.2, -0.15) is 0 Å². The Hall–Kier alpha value is -2.30. The molecule has 19 heavy (non-hydrogen) atoms. The maximum absolute atomic E-state index is 5.59. The number of hydrogen-bond acceptors (Lipinski definition) is 5. The molecule has 100 valence electrons. The average Bonchev–Trinajstić information content (AvgIpc) is 2.44. The standard InChI is InChI=1S/C14H18N4O/c1-11-17-13(15-2)10-14(18-11)16-8-9-19-12-6-4-3-5-7-12/h3-7,10H,8-9H2,1-2H3,(H2,15,16,17,18). The Morgan fingerprint density at radius 3 is 2.58 bits per heavy atom. The van der Waals surface area contributed by atoms with Crippen LogP contribution in [0.15, 0.2) is 36.4 Å². The van der Waals surface area contributed by atoms with Crippen LogP contribution in [0, 0.1) is 6.92 Å². The second-order valence-electron chi connectivity index (χ2n) is 4.02. The van der Waals surface area contributed by atoms with Gasteiger partial charge in [-0.3, -0.25) is 0 Å². The van der Waals surface area contributed by atoms with Gasteiger partial charge in [0, 0.05) is 13.1 Å². The molecular formula is C14H18N4O. The zero-order valence-corrected chi connectivity index (χ0v) is 11.2. The summed E-state index contributed by atoms with van der Waals surface area (Å²) in [4.78, 5) is 8.54. The van der Waals surface area contributed by atoms with E-state index in [-0.39, 0.29) is 0 Å². The molecule has 1 heterocycles. The first-order valence-corrected chi connectivity index (χ1v) is 6.23. The first-order valence-electron chi connectivity index (χ1n) is 6.23. The van der Waals surface area contributed by atoms with Crippen LogP contribution in [0.5, 0.6) is 5.75 Å². The molecule has 5 heteroatoms. The van der Waals surface area contributed by atoms with Crippen molar-refractivity contribution >= 4 is 11.6 Å². The number of ether oxygens (including phenoxy) is 1. The lowest BCUT2D eigenvalue weighted by molar-refractivity contribution is 0.333. The number of hydrogen-bond donors (Lipinski definition) is 2. The van der Waals surface area contributed by atoms with Crippen LogP contribution in [-0.2, 0) is 0 Å². The third-order valence-electron chi connectivity index (χ3n) is 2.51. The molecule has 0 amide bonds. The second kappa shape index (κ2) is 6.58. The quantitative estimate of drug-likeness (QED) is 0.779. The predicted octanol–water partition coefficient (Wildman–Crippen LogP) is 2.32. The second-order valence-corrected chi connectivity index (χ2v) is 4.02. The normalized spacial score (nSPS) is 10.0. The van der Waals surface area contributed by atoms with Crippen LogP contribution in [0.4, 0.5) is 11.6 Å². The summed E-state index contributed by atoms with van der Waals surface area (Å²) in [5, 5.41) is 6.22. The summed E-state index contributed by atoms with van der Waals surface area (Å²) in [6.45, 7) is 3.14. The summed E-state index contributed by atoms with van der Waals surface area (Å²) < 4.78 is 5.59. The molecule has 0 aliphatic carbocycles. The summed E-state index contributed by atoms with van der Waals surface area (Å²) in [7, 11) is 1.84. The fraction of sp³-hybridized carbons (Fsp3) is 0.286. The van der Waals surface area contributed by atoms with Crippen molar-refractivity contribution in [3.8, 4) is 5.75 Å². The molecule has 2 rings (SSSR count). The van der Waals surface area contributed by atoms with Crippen molar-refractivity contribution in [2.24, 2.45) is 0 Å². The number of aromatic nitrogens is 2. The Morgan fingerprint density at radius 1 is 1.11 bits per heavy atom. The lowest BCUT2D eigenvalue weighted by Crippen LogP contribution is -2.13. The molecule has 0 aliphatic heterocycles. The largest absolute Gasteiger partial charge is 0.492 e. The third-order valence-corrected chi connectivity index (χ3v) is 2.51. The van der Waals surface area contributed by atoms with Crippen LogP contribution in [-0.4, -0.2) is 30.2 Å². The maximum atomic E-state index is 5.59. The van der Waals surface area contributed by atoms with Crippen LogP contribution in [0.2, 0.25) is 0 Å². The minimum absolute atomic E-state index is 0.585. The molecule has 0 aliphatic rings. The van der Waals surface area contributed by atoms with Gasteiger partial charge in [-0.1, -0.05) is 18.2 Å². The van der Waals surface area contributed by atoms with Crippen molar-refractivity contribution < 1.29 is 4.74 Å². The molecular weight excluding hydrogens is 240 g/mol. The third kappa shape index (κ3) is 4.13. The predicted molar refractivity (Wildman–Crippen MR) is 76.7 cm³/mol. The van der Waals surface area contributed by atoms with E-state index in [1.54, 1.807) is 0 Å². The van der Waals surface area contributed by atoms with Gasteiger partial charge in [-0.05, 0) is 19.1 Å². The summed E-state index contributed by atoms with van der Waals surface area (Å²) in [5.74, 6) is 3.21. The van der Waals surface area contributed by atoms with E-state index in [0.29, 0.717) is 13.2 Å². The lowest BCUT2D eigenvalue weighted by Gasteiger charge is -2.09. The highest BCUT2D eigenvalue weighted by Crippen LogP contribution is 2.10. The lowest BCUT2D eigenvalue weighted by atomic mass is 10.3. The van der Waals surface area contributed by atoms with Crippen molar-refractivity contribution in [2.45, 2.75) is 6.92 Å². The van der Waals surface area contributed by atoms with Gasteiger partial charge in [-0.15, -0.1) is 0 Å². The Balaban J connectivity index is 1.81. The summed E-state index contributed by atoms with van der Waals surface area (Å²) >= 11 is 0. The van der Waals surface area contributed by atoms with E-state index in [4.69, 9.17) is 4.74 Å². The van der Waals surface area contributed by atoms with E-state index < -0.39 is 0 Å². The minimum atomic E-state index is 0.585. The van der Waals surface area contributed by atoms with Crippen molar-refractivity contribution in [1.29, 1.82) is 0 Å². The molecule has 2 N–H and O–H groups in total. The Bertz CT molecular complexity index is 516. The summed E-state index contributed by atoms with van der Waals surface area (Å²) in [6, 6.07) is 11.6. The molecule has 1 aromatic heterocycles. The molecule has 0 fully saturated rings. The molecule has 1 aromatic carbocycles. The molecule has 0 saturated carbocycles. The monoisotopic (exact) mass is 258 g/mol. The number of anilines is 2. The smallest absolute Gasteiger partial charge is 0.131 e. The number of para-hydroxylation sites is 1. The van der Waals surface area contributed by atoms with E-state index in [2.05, 4.69) is 20.6 Å². The van der Waals surface area contributed by atoms with Gasteiger partial charge in [0.25, 0.3) is 0 Å². The van der Waals surface area contributed by atoms with E-state index in [0.717, 1.165) is 23.2 Å². The maximum Gasteiger partial charge on any atom is 0.131 e. The minimum Gasteiger partial charge on any atom is -0.492 e. The molecule has 0 unspecified atom stereocenters. The number of nitrogens with zero attached hydrogens (tertiary/aromatic N) is 2. The zero-order chi connectivity index (χ0) is 13.5. The van der Waals surface area contributed by atoms with Crippen molar-refractivity contribution in [3.05, 3.63) is 42.2 Å². The molecule has 0 radical (unpaired) electrons. The number of nitrogens with one attached hydrogen (secondary N) is 2. The molecule has 0 spiro atoms. The highest BCUT2D eigenvalue weighted by atomic mass is 16.5. The van der Waals surface area contributed by atoms with Crippen LogP contribution < -0.4 is 15.4 Å². The molecule has 0 saturated heterocycles. The van der Waals surface area contributed by atoms with Gasteiger partial charge in [0.1, 0.15) is 29.8 Å². The van der Waals surface area contributed by atoms with Crippen molar-refractivity contribution in [2.75, 3.05) is 30.8 Å². The van der Waals surface area contributed by atoms with E-state index in [9.17, 15) is 0 Å².